The van der Waals surface area contributed by atoms with Crippen LogP contribution in [0.5, 0.6) is 0 Å². The van der Waals surface area contributed by atoms with Crippen LogP contribution < -0.4 is 4.90 Å². The minimum Gasteiger partial charge on any atom is -0.306 e. The van der Waals surface area contributed by atoms with Gasteiger partial charge in [0.05, 0.1) is 0 Å². The fourth-order valence-corrected chi connectivity index (χ4v) is 5.23. The first kappa shape index (κ1) is 21.9. The Labute approximate surface area is 199 Å². The fourth-order valence-electron chi connectivity index (χ4n) is 5.10. The van der Waals surface area contributed by atoms with Gasteiger partial charge in [0.15, 0.2) is 0 Å². The van der Waals surface area contributed by atoms with Crippen LogP contribution in [0.25, 0.3) is 11.6 Å². The van der Waals surface area contributed by atoms with Crippen molar-refractivity contribution in [3.8, 4) is 0 Å². The molecule has 168 valence electrons. The number of likely N-dealkylation sites (N-methyl/N-ethyl adjacent to an activating group) is 1. The van der Waals surface area contributed by atoms with E-state index in [0.717, 1.165) is 30.8 Å². The lowest BCUT2D eigenvalue weighted by Crippen LogP contribution is -2.47. The van der Waals surface area contributed by atoms with Gasteiger partial charge in [-0.15, -0.1) is 0 Å². The van der Waals surface area contributed by atoms with E-state index in [1.165, 1.54) is 23.3 Å². The highest BCUT2D eigenvalue weighted by Gasteiger charge is 2.44. The number of fused-ring (bicyclic) bond motifs is 3. The summed E-state index contributed by atoms with van der Waals surface area (Å²) in [5.74, 6) is -0.0965. The molecule has 1 saturated heterocycles. The second-order valence-corrected chi connectivity index (χ2v) is 9.52. The Morgan fingerprint density at radius 3 is 2.52 bits per heavy atom. The molecule has 0 spiro atoms. The zero-order valence-corrected chi connectivity index (χ0v) is 19.5. The summed E-state index contributed by atoms with van der Waals surface area (Å²) in [7, 11) is 2.14. The van der Waals surface area contributed by atoms with E-state index in [1.54, 1.807) is 24.3 Å². The predicted molar refractivity (Wildman–Crippen MR) is 133 cm³/mol. The van der Waals surface area contributed by atoms with Gasteiger partial charge < -0.3 is 9.80 Å². The molecule has 0 N–H and O–H groups in total. The maximum absolute atomic E-state index is 14.2. The SMILES string of the molecule is Cc1ccc2c(c1)[C@@H]1CN(C)CC[C@@H]1N2C(=O)/C(=C/c1ccc(Cl)cc1)c1ccc(F)cc1. The minimum atomic E-state index is -0.325. The van der Waals surface area contributed by atoms with Crippen molar-refractivity contribution in [3.63, 3.8) is 0 Å². The first-order valence-corrected chi connectivity index (χ1v) is 11.6. The molecule has 3 aromatic carbocycles. The van der Waals surface area contributed by atoms with E-state index in [0.29, 0.717) is 16.2 Å². The Morgan fingerprint density at radius 2 is 1.79 bits per heavy atom. The van der Waals surface area contributed by atoms with E-state index >= 15 is 0 Å². The predicted octanol–water partition coefficient (Wildman–Crippen LogP) is 6.16. The smallest absolute Gasteiger partial charge is 0.259 e. The van der Waals surface area contributed by atoms with Crippen LogP contribution in [-0.4, -0.2) is 37.0 Å². The van der Waals surface area contributed by atoms with Crippen molar-refractivity contribution in [2.75, 3.05) is 25.0 Å². The molecule has 2 aliphatic heterocycles. The number of carbonyl (C=O) groups excluding carboxylic acids is 1. The lowest BCUT2D eigenvalue weighted by molar-refractivity contribution is -0.113. The number of nitrogens with zero attached hydrogens (tertiary/aromatic N) is 2. The molecule has 0 bridgehead atoms. The van der Waals surface area contributed by atoms with Gasteiger partial charge in [0.25, 0.3) is 5.91 Å². The van der Waals surface area contributed by atoms with Crippen molar-refractivity contribution in [1.29, 1.82) is 0 Å². The molecule has 3 aromatic rings. The van der Waals surface area contributed by atoms with Gasteiger partial charge in [0.1, 0.15) is 5.82 Å². The molecule has 2 aliphatic rings. The Kier molecular flexibility index (Phi) is 5.81. The summed E-state index contributed by atoms with van der Waals surface area (Å²) in [5, 5.41) is 0.639. The van der Waals surface area contributed by atoms with Gasteiger partial charge in [0.2, 0.25) is 0 Å². The van der Waals surface area contributed by atoms with Crippen LogP contribution in [0.15, 0.2) is 66.7 Å². The highest BCUT2D eigenvalue weighted by molar-refractivity contribution is 6.31. The zero-order chi connectivity index (χ0) is 23.1. The molecule has 0 aromatic heterocycles. The van der Waals surface area contributed by atoms with Gasteiger partial charge in [0, 0.05) is 34.8 Å². The Bertz CT molecular complexity index is 1220. The van der Waals surface area contributed by atoms with Crippen molar-refractivity contribution in [1.82, 2.24) is 4.90 Å². The fraction of sp³-hybridized carbons (Fsp3) is 0.250. The first-order valence-electron chi connectivity index (χ1n) is 11.3. The van der Waals surface area contributed by atoms with Gasteiger partial charge in [-0.05, 0) is 80.0 Å². The molecule has 5 rings (SSSR count). The third kappa shape index (κ3) is 4.21. The number of piperidine rings is 1. The molecule has 2 heterocycles. The van der Waals surface area contributed by atoms with Crippen molar-refractivity contribution in [2.24, 2.45) is 0 Å². The molecule has 5 heteroatoms. The maximum Gasteiger partial charge on any atom is 0.259 e. The summed E-state index contributed by atoms with van der Waals surface area (Å²) in [5.41, 5.74) is 5.54. The standard InChI is InChI=1S/C28H26ClFN2O/c1-18-3-12-26-24(15-18)25-17-31(2)14-13-27(25)32(26)28(33)23(20-6-10-22(30)11-7-20)16-19-4-8-21(29)9-5-19/h3-12,15-16,25,27H,13-14,17H2,1-2H3/b23-16+/t25-,27-/m0/s1. The van der Waals surface area contributed by atoms with Crippen LogP contribution in [0.2, 0.25) is 5.02 Å². The number of benzene rings is 3. The van der Waals surface area contributed by atoms with E-state index in [-0.39, 0.29) is 23.7 Å². The number of anilines is 1. The number of hydrogen-bond donors (Lipinski definition) is 0. The average Bonchev–Trinajstić information content (AvgIpc) is 3.12. The number of hydrogen-bond acceptors (Lipinski definition) is 2. The van der Waals surface area contributed by atoms with E-state index in [4.69, 9.17) is 11.6 Å². The summed E-state index contributed by atoms with van der Waals surface area (Å²) in [6.07, 6.45) is 2.79. The van der Waals surface area contributed by atoms with Gasteiger partial charge >= 0.3 is 0 Å². The van der Waals surface area contributed by atoms with Crippen LogP contribution in [0.3, 0.4) is 0 Å². The number of amides is 1. The van der Waals surface area contributed by atoms with Crippen LogP contribution >= 0.6 is 11.6 Å². The molecule has 33 heavy (non-hydrogen) atoms. The number of halogens is 2. The second kappa shape index (κ2) is 8.77. The lowest BCUT2D eigenvalue weighted by atomic mass is 9.88. The molecule has 0 aliphatic carbocycles. The number of carbonyl (C=O) groups is 1. The van der Waals surface area contributed by atoms with E-state index < -0.39 is 0 Å². The monoisotopic (exact) mass is 460 g/mol. The van der Waals surface area contributed by atoms with Crippen LogP contribution in [-0.2, 0) is 4.79 Å². The Balaban J connectivity index is 1.62. The first-order chi connectivity index (χ1) is 15.9. The Morgan fingerprint density at radius 1 is 1.06 bits per heavy atom. The average molecular weight is 461 g/mol. The van der Waals surface area contributed by atoms with E-state index in [2.05, 4.69) is 37.1 Å². The largest absolute Gasteiger partial charge is 0.306 e. The topological polar surface area (TPSA) is 23.6 Å². The molecule has 0 radical (unpaired) electrons. The maximum atomic E-state index is 14.2. The summed E-state index contributed by atoms with van der Waals surface area (Å²) in [6, 6.07) is 20.0. The normalized spacial score (nSPS) is 20.5. The molecule has 1 fully saturated rings. The van der Waals surface area contributed by atoms with Gasteiger partial charge in [-0.25, -0.2) is 4.39 Å². The van der Waals surface area contributed by atoms with Gasteiger partial charge in [-0.2, -0.15) is 0 Å². The van der Waals surface area contributed by atoms with Crippen molar-refractivity contribution in [3.05, 3.63) is 99.8 Å². The van der Waals surface area contributed by atoms with Crippen LogP contribution in [0.1, 0.15) is 34.6 Å². The highest BCUT2D eigenvalue weighted by atomic mass is 35.5. The molecular weight excluding hydrogens is 435 g/mol. The molecule has 1 amide bonds. The number of likely N-dealkylation sites (tertiary alicyclic amines) is 1. The van der Waals surface area contributed by atoms with Gasteiger partial charge in [-0.1, -0.05) is 53.6 Å². The number of aryl methyl sites for hydroxylation is 1. The summed E-state index contributed by atoms with van der Waals surface area (Å²) >= 11 is 6.06. The van der Waals surface area contributed by atoms with Crippen molar-refractivity contribution >= 4 is 34.8 Å². The van der Waals surface area contributed by atoms with E-state index in [1.807, 2.05) is 23.1 Å². The summed E-state index contributed by atoms with van der Waals surface area (Å²) in [6.45, 7) is 3.97. The van der Waals surface area contributed by atoms with E-state index in [9.17, 15) is 9.18 Å². The third-order valence-electron chi connectivity index (χ3n) is 6.74. The van der Waals surface area contributed by atoms with Crippen LogP contribution in [0, 0.1) is 12.7 Å². The quantitative estimate of drug-likeness (QED) is 0.345. The van der Waals surface area contributed by atoms with Gasteiger partial charge in [-0.3, -0.25) is 4.79 Å². The zero-order valence-electron chi connectivity index (χ0n) is 18.8. The Hall–Kier alpha value is -2.95. The van der Waals surface area contributed by atoms with Crippen molar-refractivity contribution < 1.29 is 9.18 Å². The minimum absolute atomic E-state index is 0.0567. The van der Waals surface area contributed by atoms with Crippen LogP contribution in [0.4, 0.5) is 10.1 Å². The lowest BCUT2D eigenvalue weighted by Gasteiger charge is -2.36. The molecule has 0 saturated carbocycles. The molecule has 3 nitrogen and oxygen atoms in total. The van der Waals surface area contributed by atoms with Crippen molar-refractivity contribution in [2.45, 2.75) is 25.3 Å². The molecule has 2 atom stereocenters. The number of rotatable bonds is 3. The summed E-state index contributed by atoms with van der Waals surface area (Å²) < 4.78 is 13.7. The summed E-state index contributed by atoms with van der Waals surface area (Å²) in [4.78, 5) is 18.5. The molecule has 0 unspecified atom stereocenters. The molecular formula is C28H26ClFN2O. The highest BCUT2D eigenvalue weighted by Crippen LogP contribution is 2.46. The third-order valence-corrected chi connectivity index (χ3v) is 6.99. The second-order valence-electron chi connectivity index (χ2n) is 9.08.